The van der Waals surface area contributed by atoms with Gasteiger partial charge in [0.15, 0.2) is 0 Å². The molecule has 0 saturated heterocycles. The molecule has 0 unspecified atom stereocenters. The molecule has 1 N–H and O–H groups in total. The highest BCUT2D eigenvalue weighted by molar-refractivity contribution is 5.91. The van der Waals surface area contributed by atoms with Gasteiger partial charge in [0.1, 0.15) is 5.75 Å². The van der Waals surface area contributed by atoms with E-state index in [-0.39, 0.29) is 5.91 Å². The van der Waals surface area contributed by atoms with Crippen LogP contribution in [-0.4, -0.2) is 12.5 Å². The quantitative estimate of drug-likeness (QED) is 0.607. The summed E-state index contributed by atoms with van der Waals surface area (Å²) in [6.07, 6.45) is 3.40. The van der Waals surface area contributed by atoms with Gasteiger partial charge in [-0.05, 0) is 48.1 Å². The van der Waals surface area contributed by atoms with Gasteiger partial charge < -0.3 is 10.1 Å². The molecule has 2 aromatic carbocycles. The summed E-state index contributed by atoms with van der Waals surface area (Å²) in [5.41, 5.74) is 3.41. The van der Waals surface area contributed by atoms with Crippen molar-refractivity contribution in [2.24, 2.45) is 0 Å². The van der Waals surface area contributed by atoms with E-state index in [0.29, 0.717) is 25.4 Å². The van der Waals surface area contributed by atoms with Gasteiger partial charge in [-0.15, -0.1) is 0 Å². The molecule has 134 valence electrons. The minimum absolute atomic E-state index is 0.0370. The van der Waals surface area contributed by atoms with Crippen molar-refractivity contribution >= 4 is 11.6 Å². The molecule has 3 nitrogen and oxygen atoms in total. The van der Waals surface area contributed by atoms with Crippen LogP contribution in [0.3, 0.4) is 0 Å². The molecule has 0 aromatic heterocycles. The summed E-state index contributed by atoms with van der Waals surface area (Å²) in [6.45, 7) is 6.98. The lowest BCUT2D eigenvalue weighted by molar-refractivity contribution is -0.116. The molecule has 2 aromatic rings. The highest BCUT2D eigenvalue weighted by atomic mass is 16.5. The third kappa shape index (κ3) is 6.26. The molecule has 1 amide bonds. The molecule has 0 fully saturated rings. The van der Waals surface area contributed by atoms with Crippen LogP contribution in [0.15, 0.2) is 48.5 Å². The predicted molar refractivity (Wildman–Crippen MR) is 104 cm³/mol. The molecule has 0 bridgehead atoms. The highest BCUT2D eigenvalue weighted by Crippen LogP contribution is 2.23. The molecule has 0 aliphatic carbocycles. The number of hydrogen-bond donors (Lipinski definition) is 1. The normalized spacial score (nSPS) is 10.7. The van der Waals surface area contributed by atoms with Crippen LogP contribution in [-0.2, 0) is 11.2 Å². The fourth-order valence-corrected chi connectivity index (χ4v) is 2.79. The Morgan fingerprint density at radius 1 is 1.08 bits per heavy atom. The van der Waals surface area contributed by atoms with Gasteiger partial charge in [-0.25, -0.2) is 0 Å². The molecule has 0 radical (unpaired) electrons. The molecule has 0 spiro atoms. The topological polar surface area (TPSA) is 38.3 Å². The van der Waals surface area contributed by atoms with E-state index in [9.17, 15) is 4.79 Å². The van der Waals surface area contributed by atoms with E-state index in [1.54, 1.807) is 0 Å². The first-order valence-electron chi connectivity index (χ1n) is 9.20. The Kier molecular flexibility index (Phi) is 7.52. The van der Waals surface area contributed by atoms with Gasteiger partial charge in [0.25, 0.3) is 0 Å². The Morgan fingerprint density at radius 3 is 2.48 bits per heavy atom. The van der Waals surface area contributed by atoms with E-state index in [1.807, 2.05) is 30.3 Å². The van der Waals surface area contributed by atoms with Crippen molar-refractivity contribution in [3.05, 3.63) is 59.7 Å². The number of rotatable bonds is 9. The molecule has 0 aliphatic rings. The van der Waals surface area contributed by atoms with Crippen molar-refractivity contribution in [2.45, 2.75) is 52.4 Å². The van der Waals surface area contributed by atoms with Crippen molar-refractivity contribution in [1.82, 2.24) is 0 Å². The molecule has 0 atom stereocenters. The Morgan fingerprint density at radius 2 is 1.80 bits per heavy atom. The number of benzene rings is 2. The second-order valence-electron chi connectivity index (χ2n) is 6.64. The summed E-state index contributed by atoms with van der Waals surface area (Å²) in [5, 5.41) is 3.02. The third-order valence-corrected chi connectivity index (χ3v) is 4.14. The zero-order chi connectivity index (χ0) is 18.1. The fraction of sp³-hybridized carbons (Fsp3) is 0.409. The minimum atomic E-state index is 0.0370. The van der Waals surface area contributed by atoms with Gasteiger partial charge in [-0.1, -0.05) is 57.5 Å². The lowest BCUT2D eigenvalue weighted by Gasteiger charge is -2.13. The van der Waals surface area contributed by atoms with Crippen LogP contribution in [0.25, 0.3) is 0 Å². The lowest BCUT2D eigenvalue weighted by atomic mass is 10.0. The van der Waals surface area contributed by atoms with Crippen LogP contribution in [0.1, 0.15) is 57.1 Å². The average Bonchev–Trinajstić information content (AvgIpc) is 2.60. The highest BCUT2D eigenvalue weighted by Gasteiger charge is 2.09. The maximum Gasteiger partial charge on any atom is 0.224 e. The Hall–Kier alpha value is -2.29. The van der Waals surface area contributed by atoms with Crippen LogP contribution in [0.5, 0.6) is 5.75 Å². The molecular weight excluding hydrogens is 310 g/mol. The zero-order valence-electron chi connectivity index (χ0n) is 15.5. The maximum absolute atomic E-state index is 12.1. The number of carbonyl (C=O) groups is 1. The van der Waals surface area contributed by atoms with Crippen LogP contribution >= 0.6 is 0 Å². The van der Waals surface area contributed by atoms with E-state index in [1.165, 1.54) is 11.1 Å². The zero-order valence-corrected chi connectivity index (χ0v) is 15.5. The summed E-state index contributed by atoms with van der Waals surface area (Å²) >= 11 is 0. The van der Waals surface area contributed by atoms with Crippen LogP contribution in [0.4, 0.5) is 5.69 Å². The SMILES string of the molecule is CCCc1ccc(OCCCC(=O)Nc2ccccc2C(C)C)cc1. The molecule has 0 aliphatic heterocycles. The van der Waals surface area contributed by atoms with Crippen LogP contribution in [0, 0.1) is 0 Å². The van der Waals surface area contributed by atoms with Gasteiger partial charge in [-0.3, -0.25) is 4.79 Å². The Labute approximate surface area is 151 Å². The summed E-state index contributed by atoms with van der Waals surface area (Å²) < 4.78 is 5.72. The van der Waals surface area contributed by atoms with E-state index in [0.717, 1.165) is 24.3 Å². The van der Waals surface area contributed by atoms with Gasteiger partial charge >= 0.3 is 0 Å². The number of carbonyl (C=O) groups excluding carboxylic acids is 1. The smallest absolute Gasteiger partial charge is 0.224 e. The van der Waals surface area contributed by atoms with Crippen molar-refractivity contribution < 1.29 is 9.53 Å². The van der Waals surface area contributed by atoms with Crippen LogP contribution in [0.2, 0.25) is 0 Å². The fourth-order valence-electron chi connectivity index (χ4n) is 2.79. The number of nitrogens with one attached hydrogen (secondary N) is 1. The number of amides is 1. The Bertz CT molecular complexity index is 662. The lowest BCUT2D eigenvalue weighted by Crippen LogP contribution is -2.14. The number of anilines is 1. The number of aryl methyl sites for hydroxylation is 1. The van der Waals surface area contributed by atoms with E-state index >= 15 is 0 Å². The Balaban J connectivity index is 1.74. The summed E-state index contributed by atoms with van der Waals surface area (Å²) in [6, 6.07) is 16.2. The van der Waals surface area contributed by atoms with Gasteiger partial charge in [0.2, 0.25) is 5.91 Å². The van der Waals surface area contributed by atoms with Gasteiger partial charge in [0, 0.05) is 12.1 Å². The van der Waals surface area contributed by atoms with Crippen molar-refractivity contribution in [2.75, 3.05) is 11.9 Å². The summed E-state index contributed by atoms with van der Waals surface area (Å²) in [4.78, 5) is 12.1. The largest absolute Gasteiger partial charge is 0.494 e. The summed E-state index contributed by atoms with van der Waals surface area (Å²) in [7, 11) is 0. The second-order valence-corrected chi connectivity index (χ2v) is 6.64. The first-order chi connectivity index (χ1) is 12.1. The van der Waals surface area contributed by atoms with E-state index < -0.39 is 0 Å². The monoisotopic (exact) mass is 339 g/mol. The van der Waals surface area contributed by atoms with Crippen molar-refractivity contribution in [1.29, 1.82) is 0 Å². The van der Waals surface area contributed by atoms with Crippen molar-refractivity contribution in [3.8, 4) is 5.75 Å². The first-order valence-corrected chi connectivity index (χ1v) is 9.20. The molecule has 0 saturated carbocycles. The van der Waals surface area contributed by atoms with E-state index in [2.05, 4.69) is 44.3 Å². The van der Waals surface area contributed by atoms with Gasteiger partial charge in [-0.2, -0.15) is 0 Å². The molecule has 25 heavy (non-hydrogen) atoms. The predicted octanol–water partition coefficient (Wildman–Crippen LogP) is 5.56. The molecule has 2 rings (SSSR count). The molecular formula is C22H29NO2. The molecule has 0 heterocycles. The molecule has 3 heteroatoms. The van der Waals surface area contributed by atoms with Crippen molar-refractivity contribution in [3.63, 3.8) is 0 Å². The van der Waals surface area contributed by atoms with Gasteiger partial charge in [0.05, 0.1) is 6.61 Å². The van der Waals surface area contributed by atoms with E-state index in [4.69, 9.17) is 4.74 Å². The minimum Gasteiger partial charge on any atom is -0.494 e. The second kappa shape index (κ2) is 9.87. The number of ether oxygens (including phenoxy) is 1. The third-order valence-electron chi connectivity index (χ3n) is 4.14. The first kappa shape index (κ1) is 19.0. The number of hydrogen-bond acceptors (Lipinski definition) is 2. The number of para-hydroxylation sites is 1. The maximum atomic E-state index is 12.1. The summed E-state index contributed by atoms with van der Waals surface area (Å²) in [5.74, 6) is 1.29. The standard InChI is InChI=1S/C22H29NO2/c1-4-8-18-12-14-19(15-13-18)25-16-7-11-22(24)23-21-10-6-5-9-20(21)17(2)3/h5-6,9-10,12-15,17H,4,7-8,11,16H2,1-3H3,(H,23,24). The average molecular weight is 339 g/mol. The van der Waals surface area contributed by atoms with Crippen LogP contribution < -0.4 is 10.1 Å².